The molecule has 9 N–H and O–H groups in total. The molecule has 2 aromatic rings. The molecular weight excluding hydrogens is 608 g/mol. The smallest absolute Gasteiger partial charge is 0.328 e. The molecule has 5 amide bonds. The second-order valence-corrected chi connectivity index (χ2v) is 11.8. The maximum atomic E-state index is 13.4. The Morgan fingerprint density at radius 1 is 0.596 bits per heavy atom. The average molecular weight is 655 g/mol. The van der Waals surface area contributed by atoms with Gasteiger partial charge in [0.05, 0.1) is 12.6 Å². The zero-order valence-electron chi connectivity index (χ0n) is 27.1. The van der Waals surface area contributed by atoms with Gasteiger partial charge in [0.1, 0.15) is 30.2 Å². The minimum Gasteiger partial charge on any atom is -0.480 e. The van der Waals surface area contributed by atoms with Gasteiger partial charge in [0.25, 0.3) is 0 Å². The van der Waals surface area contributed by atoms with Crippen molar-refractivity contribution in [3.8, 4) is 0 Å². The average Bonchev–Trinajstić information content (AvgIpc) is 3.03. The molecule has 2 aromatic carbocycles. The summed E-state index contributed by atoms with van der Waals surface area (Å²) in [5, 5.41) is 30.7. The van der Waals surface area contributed by atoms with Crippen molar-refractivity contribution >= 4 is 35.5 Å². The Morgan fingerprint density at radius 3 is 1.47 bits per heavy atom. The van der Waals surface area contributed by atoms with Crippen LogP contribution in [0.5, 0.6) is 0 Å². The quantitative estimate of drug-likeness (QED) is 0.102. The SMILES string of the molecule is CC(C)C[C@H](NC(=O)[C@H](C)NC(=O)[C@H](Cc1ccccc1)NC(=O)[C@@H](N)Cc1ccccc1)C(=O)N[C@@H](C)C(=O)N[C@@H](CO)C(=O)O. The third kappa shape index (κ3) is 13.2. The molecule has 0 unspecified atom stereocenters. The minimum absolute atomic E-state index is 0.0589. The number of hydrogen-bond donors (Lipinski definition) is 8. The molecular formula is C33H46N6O8. The van der Waals surface area contributed by atoms with Crippen LogP contribution >= 0.6 is 0 Å². The molecule has 0 aliphatic heterocycles. The number of nitrogens with two attached hydrogens (primary N) is 1. The molecule has 0 saturated heterocycles. The van der Waals surface area contributed by atoms with E-state index in [9.17, 15) is 28.8 Å². The topological polar surface area (TPSA) is 229 Å². The maximum Gasteiger partial charge on any atom is 0.328 e. The van der Waals surface area contributed by atoms with Gasteiger partial charge < -0.3 is 42.5 Å². The van der Waals surface area contributed by atoms with Crippen molar-refractivity contribution in [1.29, 1.82) is 0 Å². The van der Waals surface area contributed by atoms with E-state index in [1.54, 1.807) is 24.3 Å². The largest absolute Gasteiger partial charge is 0.480 e. The standard InChI is InChI=1S/C33H46N6O8/c1-19(2)15-25(31(44)35-21(4)29(42)39-27(18-40)33(46)47)37-28(41)20(3)36-32(45)26(17-23-13-9-6-10-14-23)38-30(43)24(34)16-22-11-7-5-8-12-22/h5-14,19-21,24-27,40H,15-18,34H2,1-4H3,(H,35,44)(H,36,45)(H,37,41)(H,38,43)(H,39,42)(H,46,47)/t20-,21-,24-,25-,26-,27-/m0/s1. The summed E-state index contributed by atoms with van der Waals surface area (Å²) in [6.07, 6.45) is 0.571. The summed E-state index contributed by atoms with van der Waals surface area (Å²) in [4.78, 5) is 76.2. The normalized spacial score (nSPS) is 14.8. The molecule has 0 bridgehead atoms. The lowest BCUT2D eigenvalue weighted by Crippen LogP contribution is -2.59. The number of rotatable bonds is 18. The molecule has 0 aromatic heterocycles. The van der Waals surface area contributed by atoms with Crippen LogP contribution in [-0.4, -0.2) is 88.6 Å². The monoisotopic (exact) mass is 654 g/mol. The van der Waals surface area contributed by atoms with Crippen molar-refractivity contribution < 1.29 is 39.0 Å². The molecule has 2 rings (SSSR count). The van der Waals surface area contributed by atoms with E-state index in [0.29, 0.717) is 0 Å². The number of aliphatic carboxylic acids is 1. The summed E-state index contributed by atoms with van der Waals surface area (Å²) in [5.41, 5.74) is 7.77. The number of hydrogen-bond acceptors (Lipinski definition) is 8. The van der Waals surface area contributed by atoms with Crippen molar-refractivity contribution in [3.05, 3.63) is 71.8 Å². The number of aliphatic hydroxyl groups excluding tert-OH is 1. The van der Waals surface area contributed by atoms with Crippen LogP contribution in [0.15, 0.2) is 60.7 Å². The van der Waals surface area contributed by atoms with Crippen LogP contribution in [-0.2, 0) is 41.6 Å². The van der Waals surface area contributed by atoms with E-state index in [1.807, 2.05) is 50.2 Å². The number of nitrogens with one attached hydrogen (secondary N) is 5. The third-order valence-electron chi connectivity index (χ3n) is 7.19. The predicted molar refractivity (Wildman–Crippen MR) is 173 cm³/mol. The van der Waals surface area contributed by atoms with Gasteiger partial charge in [-0.15, -0.1) is 0 Å². The van der Waals surface area contributed by atoms with Crippen LogP contribution in [0, 0.1) is 5.92 Å². The zero-order chi connectivity index (χ0) is 35.1. The Bertz CT molecular complexity index is 1360. The van der Waals surface area contributed by atoms with E-state index < -0.39 is 78.4 Å². The van der Waals surface area contributed by atoms with Crippen LogP contribution in [0.1, 0.15) is 45.2 Å². The Morgan fingerprint density at radius 2 is 1.02 bits per heavy atom. The molecule has 0 fully saturated rings. The maximum absolute atomic E-state index is 13.4. The highest BCUT2D eigenvalue weighted by Crippen LogP contribution is 2.08. The second-order valence-electron chi connectivity index (χ2n) is 11.8. The number of carboxylic acid groups (broad SMARTS) is 1. The lowest BCUT2D eigenvalue weighted by atomic mass is 10.0. The van der Waals surface area contributed by atoms with E-state index in [2.05, 4.69) is 26.6 Å². The fraction of sp³-hybridized carbons (Fsp3) is 0.455. The van der Waals surface area contributed by atoms with E-state index >= 15 is 0 Å². The minimum atomic E-state index is -1.55. The molecule has 256 valence electrons. The fourth-order valence-corrected chi connectivity index (χ4v) is 4.54. The predicted octanol–water partition coefficient (Wildman–Crippen LogP) is -0.614. The summed E-state index contributed by atoms with van der Waals surface area (Å²) < 4.78 is 0. The molecule has 47 heavy (non-hydrogen) atoms. The third-order valence-corrected chi connectivity index (χ3v) is 7.19. The van der Waals surface area contributed by atoms with Gasteiger partial charge in [0, 0.05) is 6.42 Å². The molecule has 14 heteroatoms. The zero-order valence-corrected chi connectivity index (χ0v) is 27.1. The summed E-state index contributed by atoms with van der Waals surface area (Å²) in [6.45, 7) is 5.57. The highest BCUT2D eigenvalue weighted by atomic mass is 16.4. The molecule has 14 nitrogen and oxygen atoms in total. The first-order chi connectivity index (χ1) is 22.2. The highest BCUT2D eigenvalue weighted by molar-refractivity contribution is 5.96. The Balaban J connectivity index is 2.10. The van der Waals surface area contributed by atoms with Gasteiger partial charge in [-0.1, -0.05) is 74.5 Å². The number of carbonyl (C=O) groups is 6. The van der Waals surface area contributed by atoms with Crippen LogP contribution in [0.3, 0.4) is 0 Å². The molecule has 0 heterocycles. The van der Waals surface area contributed by atoms with Crippen molar-refractivity contribution in [2.75, 3.05) is 6.61 Å². The summed E-state index contributed by atoms with van der Waals surface area (Å²) >= 11 is 0. The van der Waals surface area contributed by atoms with Gasteiger partial charge in [-0.25, -0.2) is 4.79 Å². The van der Waals surface area contributed by atoms with Gasteiger partial charge in [-0.3, -0.25) is 24.0 Å². The summed E-state index contributed by atoms with van der Waals surface area (Å²) in [6, 6.07) is 11.3. The van der Waals surface area contributed by atoms with Crippen LogP contribution < -0.4 is 32.3 Å². The van der Waals surface area contributed by atoms with Crippen LogP contribution in [0.4, 0.5) is 0 Å². The van der Waals surface area contributed by atoms with E-state index in [4.69, 9.17) is 15.9 Å². The van der Waals surface area contributed by atoms with Gasteiger partial charge in [0.15, 0.2) is 0 Å². The molecule has 0 saturated carbocycles. The van der Waals surface area contributed by atoms with Gasteiger partial charge in [-0.05, 0) is 43.7 Å². The number of benzene rings is 2. The van der Waals surface area contributed by atoms with Crippen molar-refractivity contribution in [1.82, 2.24) is 26.6 Å². The van der Waals surface area contributed by atoms with Gasteiger partial charge in [-0.2, -0.15) is 0 Å². The number of carbonyl (C=O) groups excluding carboxylic acids is 5. The highest BCUT2D eigenvalue weighted by Gasteiger charge is 2.31. The van der Waals surface area contributed by atoms with Gasteiger partial charge >= 0.3 is 5.97 Å². The first-order valence-corrected chi connectivity index (χ1v) is 15.4. The van der Waals surface area contributed by atoms with Crippen LogP contribution in [0.25, 0.3) is 0 Å². The van der Waals surface area contributed by atoms with Gasteiger partial charge in [0.2, 0.25) is 29.5 Å². The number of carboxylic acids is 1. The first kappa shape index (κ1) is 38.4. The summed E-state index contributed by atoms with van der Waals surface area (Å²) in [7, 11) is 0. The molecule has 0 radical (unpaired) electrons. The lowest BCUT2D eigenvalue weighted by Gasteiger charge is -2.26. The fourth-order valence-electron chi connectivity index (χ4n) is 4.54. The Kier molecular flexibility index (Phi) is 15.5. The van der Waals surface area contributed by atoms with E-state index in [-0.39, 0.29) is 25.2 Å². The Labute approximate surface area is 274 Å². The molecule has 0 aliphatic rings. The van der Waals surface area contributed by atoms with E-state index in [1.165, 1.54) is 13.8 Å². The molecule has 0 spiro atoms. The molecule has 0 aliphatic carbocycles. The number of aliphatic hydroxyl groups is 1. The Hall–Kier alpha value is -4.82. The summed E-state index contributed by atoms with van der Waals surface area (Å²) in [5.74, 6) is -4.91. The van der Waals surface area contributed by atoms with Crippen molar-refractivity contribution in [2.45, 2.75) is 83.2 Å². The van der Waals surface area contributed by atoms with E-state index in [0.717, 1.165) is 11.1 Å². The van der Waals surface area contributed by atoms with Crippen molar-refractivity contribution in [3.63, 3.8) is 0 Å². The van der Waals surface area contributed by atoms with Crippen molar-refractivity contribution in [2.24, 2.45) is 11.7 Å². The first-order valence-electron chi connectivity index (χ1n) is 15.4. The van der Waals surface area contributed by atoms with Crippen LogP contribution in [0.2, 0.25) is 0 Å². The number of amides is 5. The lowest BCUT2D eigenvalue weighted by molar-refractivity contribution is -0.143. The second kappa shape index (κ2) is 19.0. The molecule has 6 atom stereocenters.